The van der Waals surface area contributed by atoms with Gasteiger partial charge in [-0.25, -0.2) is 4.98 Å². The monoisotopic (exact) mass is 281 g/mol. The number of benzene rings is 1. The minimum Gasteiger partial charge on any atom is -0.248 e. The van der Waals surface area contributed by atoms with Gasteiger partial charge in [-0.05, 0) is 37.1 Å². The van der Waals surface area contributed by atoms with Crippen LogP contribution in [0.15, 0.2) is 30.6 Å². The summed E-state index contributed by atoms with van der Waals surface area (Å²) in [5.74, 6) is 0. The highest BCUT2D eigenvalue weighted by atomic mass is 19.4. The van der Waals surface area contributed by atoms with Gasteiger partial charge >= 0.3 is 6.18 Å². The van der Waals surface area contributed by atoms with Crippen LogP contribution in [0.25, 0.3) is 11.3 Å². The van der Waals surface area contributed by atoms with Gasteiger partial charge in [0.2, 0.25) is 5.69 Å². The molecular weight excluding hydrogens is 265 g/mol. The molecule has 2 nitrogen and oxygen atoms in total. The van der Waals surface area contributed by atoms with Crippen LogP contribution < -0.4 is 4.57 Å². The zero-order valence-electron chi connectivity index (χ0n) is 11.6. The van der Waals surface area contributed by atoms with E-state index in [-0.39, 0.29) is 0 Å². The summed E-state index contributed by atoms with van der Waals surface area (Å²) in [6.45, 7) is 3.67. The van der Waals surface area contributed by atoms with Gasteiger partial charge in [0.1, 0.15) is 12.7 Å². The third kappa shape index (κ3) is 2.66. The topological polar surface area (TPSA) is 16.8 Å². The molecule has 106 valence electrons. The first-order valence-corrected chi connectivity index (χ1v) is 6.36. The molecule has 1 aromatic carbocycles. The Morgan fingerprint density at radius 3 is 2.50 bits per heavy atom. The fraction of sp³-hybridized carbons (Fsp3) is 0.333. The molecule has 1 heterocycles. The summed E-state index contributed by atoms with van der Waals surface area (Å²) in [5.41, 5.74) is 2.49. The van der Waals surface area contributed by atoms with Crippen molar-refractivity contribution in [3.63, 3.8) is 0 Å². The van der Waals surface area contributed by atoms with Crippen molar-refractivity contribution in [3.05, 3.63) is 47.4 Å². The second-order valence-corrected chi connectivity index (χ2v) is 4.71. The van der Waals surface area contributed by atoms with Crippen LogP contribution in [0.4, 0.5) is 13.2 Å². The summed E-state index contributed by atoms with van der Waals surface area (Å²) in [7, 11) is 1.87. The number of nitrogens with zero attached hydrogens (tertiary/aromatic N) is 2. The Morgan fingerprint density at radius 1 is 1.25 bits per heavy atom. The smallest absolute Gasteiger partial charge is 0.248 e. The Balaban J connectivity index is 2.61. The summed E-state index contributed by atoms with van der Waals surface area (Å²) in [6, 6.07) is 3.82. The van der Waals surface area contributed by atoms with Crippen LogP contribution in [0, 0.1) is 6.92 Å². The average molecular weight is 281 g/mol. The van der Waals surface area contributed by atoms with Crippen LogP contribution >= 0.6 is 0 Å². The molecule has 2 aromatic rings. The van der Waals surface area contributed by atoms with E-state index in [1.54, 1.807) is 19.3 Å². The molecule has 5 heteroatoms. The number of aromatic nitrogens is 2. The van der Waals surface area contributed by atoms with E-state index in [9.17, 15) is 13.2 Å². The minimum atomic E-state index is -4.31. The van der Waals surface area contributed by atoms with E-state index in [4.69, 9.17) is 0 Å². The maximum absolute atomic E-state index is 12.7. The van der Waals surface area contributed by atoms with E-state index in [2.05, 4.69) is 4.98 Å². The molecule has 0 saturated carbocycles. The van der Waals surface area contributed by atoms with Crippen molar-refractivity contribution in [2.45, 2.75) is 26.4 Å². The molecule has 1 aromatic heterocycles. The minimum absolute atomic E-state index is 0.595. The van der Waals surface area contributed by atoms with Crippen LogP contribution in [0.1, 0.15) is 23.7 Å². The van der Waals surface area contributed by atoms with E-state index in [1.165, 1.54) is 12.1 Å². The molecule has 0 unspecified atom stereocenters. The molecule has 0 saturated heterocycles. The summed E-state index contributed by atoms with van der Waals surface area (Å²) < 4.78 is 40.0. The van der Waals surface area contributed by atoms with Crippen molar-refractivity contribution in [2.24, 2.45) is 7.05 Å². The van der Waals surface area contributed by atoms with Gasteiger partial charge in [-0.1, -0.05) is 6.92 Å². The molecule has 0 aliphatic rings. The molecule has 20 heavy (non-hydrogen) atoms. The highest BCUT2D eigenvalue weighted by molar-refractivity contribution is 5.63. The first-order valence-electron chi connectivity index (χ1n) is 6.36. The standard InChI is InChI=1S/C15H16F3N2/c1-4-13-14(20(3)8-7-19-13)12-6-5-11(9-10(12)2)15(16,17)18/h5-9H,4H2,1-3H3/q+1. The Labute approximate surface area is 115 Å². The molecule has 0 N–H and O–H groups in total. The molecule has 0 aliphatic heterocycles. The van der Waals surface area contributed by atoms with Gasteiger partial charge in [-0.2, -0.15) is 17.7 Å². The first-order chi connectivity index (χ1) is 9.34. The number of hydrogen-bond acceptors (Lipinski definition) is 1. The number of halogens is 3. The molecule has 2 rings (SSSR count). The number of rotatable bonds is 2. The van der Waals surface area contributed by atoms with Crippen molar-refractivity contribution in [1.82, 2.24) is 4.98 Å². The highest BCUT2D eigenvalue weighted by Crippen LogP contribution is 2.32. The Morgan fingerprint density at radius 2 is 1.95 bits per heavy atom. The third-order valence-electron chi connectivity index (χ3n) is 3.29. The fourth-order valence-electron chi connectivity index (χ4n) is 2.27. The lowest BCUT2D eigenvalue weighted by Gasteiger charge is -2.11. The zero-order chi connectivity index (χ0) is 14.9. The third-order valence-corrected chi connectivity index (χ3v) is 3.29. The normalized spacial score (nSPS) is 11.7. The molecular formula is C15H16F3N2+. The lowest BCUT2D eigenvalue weighted by molar-refractivity contribution is -0.661. The number of alkyl halides is 3. The SMILES string of the molecule is CCc1ncc[n+](C)c1-c1ccc(C(F)(F)F)cc1C. The van der Waals surface area contributed by atoms with Gasteiger partial charge in [0.05, 0.1) is 17.3 Å². The summed E-state index contributed by atoms with van der Waals surface area (Å²) in [4.78, 5) is 4.30. The fourth-order valence-corrected chi connectivity index (χ4v) is 2.27. The first kappa shape index (κ1) is 14.5. The molecule has 0 bridgehead atoms. The zero-order valence-corrected chi connectivity index (χ0v) is 11.6. The molecule has 0 fully saturated rings. The van der Waals surface area contributed by atoms with E-state index < -0.39 is 11.7 Å². The largest absolute Gasteiger partial charge is 0.416 e. The van der Waals surface area contributed by atoms with E-state index in [0.717, 1.165) is 29.4 Å². The van der Waals surface area contributed by atoms with E-state index >= 15 is 0 Å². The highest BCUT2D eigenvalue weighted by Gasteiger charge is 2.31. The number of hydrogen-bond donors (Lipinski definition) is 0. The maximum atomic E-state index is 12.7. The molecule has 0 radical (unpaired) electrons. The van der Waals surface area contributed by atoms with Crippen molar-refractivity contribution in [3.8, 4) is 11.3 Å². The van der Waals surface area contributed by atoms with Crippen molar-refractivity contribution in [2.75, 3.05) is 0 Å². The summed E-state index contributed by atoms with van der Waals surface area (Å²) >= 11 is 0. The molecule has 0 atom stereocenters. The van der Waals surface area contributed by atoms with E-state index in [0.29, 0.717) is 5.56 Å². The van der Waals surface area contributed by atoms with Gasteiger partial charge in [0.25, 0.3) is 0 Å². The van der Waals surface area contributed by atoms with Gasteiger partial charge in [-0.15, -0.1) is 0 Å². The lowest BCUT2D eigenvalue weighted by Crippen LogP contribution is -2.32. The van der Waals surface area contributed by atoms with Gasteiger partial charge in [-0.3, -0.25) is 0 Å². The van der Waals surface area contributed by atoms with Gasteiger partial charge < -0.3 is 0 Å². The van der Waals surface area contributed by atoms with Crippen molar-refractivity contribution < 1.29 is 17.7 Å². The molecule has 0 spiro atoms. The second kappa shape index (κ2) is 5.23. The van der Waals surface area contributed by atoms with Gasteiger partial charge in [0.15, 0.2) is 6.20 Å². The Hall–Kier alpha value is -1.91. The molecule has 0 aliphatic carbocycles. The summed E-state index contributed by atoms with van der Waals surface area (Å²) in [6.07, 6.45) is -0.0914. The van der Waals surface area contributed by atoms with Crippen LogP contribution in [0.5, 0.6) is 0 Å². The molecule has 0 amide bonds. The predicted octanol–water partition coefficient (Wildman–Crippen LogP) is 3.46. The van der Waals surface area contributed by atoms with Crippen LogP contribution in [-0.2, 0) is 19.6 Å². The summed E-state index contributed by atoms with van der Waals surface area (Å²) in [5, 5.41) is 0. The lowest BCUT2D eigenvalue weighted by atomic mass is 9.99. The van der Waals surface area contributed by atoms with Crippen LogP contribution in [0.3, 0.4) is 0 Å². The number of aryl methyl sites for hydroxylation is 3. The van der Waals surface area contributed by atoms with Crippen molar-refractivity contribution >= 4 is 0 Å². The van der Waals surface area contributed by atoms with E-state index in [1.807, 2.05) is 18.5 Å². The quantitative estimate of drug-likeness (QED) is 0.770. The average Bonchev–Trinajstić information content (AvgIpc) is 2.38. The Kier molecular flexibility index (Phi) is 3.79. The second-order valence-electron chi connectivity index (χ2n) is 4.71. The van der Waals surface area contributed by atoms with Gasteiger partial charge in [0, 0.05) is 0 Å². The van der Waals surface area contributed by atoms with Crippen LogP contribution in [0.2, 0.25) is 0 Å². The maximum Gasteiger partial charge on any atom is 0.416 e. The van der Waals surface area contributed by atoms with Crippen molar-refractivity contribution in [1.29, 1.82) is 0 Å². The van der Waals surface area contributed by atoms with Crippen LogP contribution in [-0.4, -0.2) is 4.98 Å². The predicted molar refractivity (Wildman–Crippen MR) is 70.0 cm³/mol. The Bertz CT molecular complexity index is 634.